The first-order valence-electron chi connectivity index (χ1n) is 4.61. The van der Waals surface area contributed by atoms with E-state index in [4.69, 9.17) is 0 Å². The number of anilines is 1. The molecule has 1 aromatic heterocycles. The maximum Gasteiger partial charge on any atom is 0.202 e. The van der Waals surface area contributed by atoms with Crippen LogP contribution in [0.3, 0.4) is 0 Å². The van der Waals surface area contributed by atoms with Crippen LogP contribution in [0.2, 0.25) is 0 Å². The monoisotopic (exact) mass is 295 g/mol. The van der Waals surface area contributed by atoms with Crippen LogP contribution in [0.15, 0.2) is 42.7 Å². The van der Waals surface area contributed by atoms with E-state index in [9.17, 15) is 0 Å². The number of hydrogen-bond acceptors (Lipinski definition) is 2. The summed E-state index contributed by atoms with van der Waals surface area (Å²) >= 11 is 0. The molecule has 2 aromatic rings. The van der Waals surface area contributed by atoms with Crippen molar-refractivity contribution in [3.8, 4) is 0 Å². The van der Waals surface area contributed by atoms with Crippen molar-refractivity contribution < 1.29 is 0 Å². The van der Waals surface area contributed by atoms with Gasteiger partial charge in [0, 0.05) is 26.0 Å². The summed E-state index contributed by atoms with van der Waals surface area (Å²) in [4.78, 5) is 4.18. The van der Waals surface area contributed by atoms with Gasteiger partial charge in [-0.2, -0.15) is 0 Å². The summed E-state index contributed by atoms with van der Waals surface area (Å²) in [6.45, 7) is 0.811. The van der Waals surface area contributed by atoms with Gasteiger partial charge in [-0.15, -0.1) is 37.2 Å². The lowest BCUT2D eigenvalue weighted by molar-refractivity contribution is 0.900. The van der Waals surface area contributed by atoms with Gasteiger partial charge in [-0.1, -0.05) is 30.3 Å². The molecule has 0 unspecified atom stereocenters. The van der Waals surface area contributed by atoms with Crippen molar-refractivity contribution in [1.82, 2.24) is 9.55 Å². The van der Waals surface area contributed by atoms with Gasteiger partial charge in [0.1, 0.15) is 0 Å². The van der Waals surface area contributed by atoms with Crippen LogP contribution in [0.4, 0.5) is 5.95 Å². The third kappa shape index (κ3) is 5.31. The lowest BCUT2D eigenvalue weighted by Crippen LogP contribution is -2.04. The zero-order chi connectivity index (χ0) is 9.80. The molecule has 1 N–H and O–H groups in total. The molecule has 0 saturated heterocycles. The van der Waals surface area contributed by atoms with Gasteiger partial charge in [0.2, 0.25) is 5.95 Å². The van der Waals surface area contributed by atoms with Crippen molar-refractivity contribution in [2.24, 2.45) is 7.05 Å². The van der Waals surface area contributed by atoms with Crippen LogP contribution in [0.1, 0.15) is 5.56 Å². The summed E-state index contributed by atoms with van der Waals surface area (Å²) in [6.07, 6.45) is 3.71. The molecular formula is C11H16Cl3N3. The van der Waals surface area contributed by atoms with Crippen molar-refractivity contribution >= 4 is 43.2 Å². The molecule has 0 bridgehead atoms. The second kappa shape index (κ2) is 9.16. The number of halogens is 3. The Morgan fingerprint density at radius 3 is 2.29 bits per heavy atom. The van der Waals surface area contributed by atoms with Gasteiger partial charge in [-0.25, -0.2) is 4.98 Å². The van der Waals surface area contributed by atoms with Crippen molar-refractivity contribution in [2.75, 3.05) is 5.32 Å². The number of nitrogens with zero attached hydrogens (tertiary/aromatic N) is 2. The molecule has 17 heavy (non-hydrogen) atoms. The molecule has 0 aliphatic carbocycles. The van der Waals surface area contributed by atoms with Crippen molar-refractivity contribution in [1.29, 1.82) is 0 Å². The van der Waals surface area contributed by atoms with E-state index < -0.39 is 0 Å². The van der Waals surface area contributed by atoms with E-state index >= 15 is 0 Å². The quantitative estimate of drug-likeness (QED) is 0.942. The molecule has 0 saturated carbocycles. The molecule has 3 nitrogen and oxygen atoms in total. The first-order valence-corrected chi connectivity index (χ1v) is 4.61. The largest absolute Gasteiger partial charge is 0.352 e. The lowest BCUT2D eigenvalue weighted by atomic mass is 10.2. The molecule has 0 atom stereocenters. The number of nitrogens with one attached hydrogen (secondary N) is 1. The maximum atomic E-state index is 4.18. The Balaban J connectivity index is 0. The Labute approximate surface area is 120 Å². The summed E-state index contributed by atoms with van der Waals surface area (Å²) < 4.78 is 1.96. The summed E-state index contributed by atoms with van der Waals surface area (Å²) in [6, 6.07) is 10.3. The van der Waals surface area contributed by atoms with Gasteiger partial charge in [-0.3, -0.25) is 0 Å². The Morgan fingerprint density at radius 1 is 1.12 bits per heavy atom. The van der Waals surface area contributed by atoms with E-state index in [2.05, 4.69) is 22.4 Å². The third-order valence-corrected chi connectivity index (χ3v) is 2.11. The zero-order valence-electron chi connectivity index (χ0n) is 9.37. The maximum absolute atomic E-state index is 4.18. The number of aryl methyl sites for hydroxylation is 1. The highest BCUT2D eigenvalue weighted by Crippen LogP contribution is 2.04. The van der Waals surface area contributed by atoms with E-state index in [-0.39, 0.29) is 37.2 Å². The molecule has 0 amide bonds. The van der Waals surface area contributed by atoms with E-state index in [0.29, 0.717) is 0 Å². The van der Waals surface area contributed by atoms with Gasteiger partial charge < -0.3 is 9.88 Å². The van der Waals surface area contributed by atoms with Crippen LogP contribution >= 0.6 is 37.2 Å². The third-order valence-electron chi connectivity index (χ3n) is 2.11. The van der Waals surface area contributed by atoms with E-state index in [0.717, 1.165) is 12.5 Å². The molecule has 1 aromatic carbocycles. The Morgan fingerprint density at radius 2 is 1.76 bits per heavy atom. The fourth-order valence-electron chi connectivity index (χ4n) is 1.31. The standard InChI is InChI=1S/C11H13N3.3ClH/c1-14-8-7-12-11(14)13-9-10-5-3-2-4-6-10;;;/h2-8H,9H2,1H3,(H,12,13);3*1H. The van der Waals surface area contributed by atoms with Gasteiger partial charge >= 0.3 is 0 Å². The molecule has 2 rings (SSSR count). The molecule has 96 valence electrons. The topological polar surface area (TPSA) is 29.9 Å². The fraction of sp³-hybridized carbons (Fsp3) is 0.182. The number of imidazole rings is 1. The summed E-state index contributed by atoms with van der Waals surface area (Å²) in [7, 11) is 1.97. The number of aromatic nitrogens is 2. The SMILES string of the molecule is Cl.Cl.Cl.Cn1ccnc1NCc1ccccc1. The Bertz CT molecular complexity index is 403. The molecule has 1 heterocycles. The van der Waals surface area contributed by atoms with E-state index in [1.807, 2.05) is 36.0 Å². The number of rotatable bonds is 3. The van der Waals surface area contributed by atoms with Crippen molar-refractivity contribution in [3.05, 3.63) is 48.3 Å². The van der Waals surface area contributed by atoms with Crippen LogP contribution < -0.4 is 5.32 Å². The average Bonchev–Trinajstić information content (AvgIpc) is 2.63. The predicted octanol–water partition coefficient (Wildman–Crippen LogP) is 3.30. The van der Waals surface area contributed by atoms with Gasteiger partial charge in [0.15, 0.2) is 0 Å². The normalized spacial score (nSPS) is 8.29. The van der Waals surface area contributed by atoms with E-state index in [1.165, 1.54) is 5.56 Å². The Hall–Kier alpha value is -0.900. The highest BCUT2D eigenvalue weighted by atomic mass is 35.5. The summed E-state index contributed by atoms with van der Waals surface area (Å²) in [5, 5.41) is 3.26. The zero-order valence-corrected chi connectivity index (χ0v) is 11.8. The smallest absolute Gasteiger partial charge is 0.202 e. The first kappa shape index (κ1) is 18.5. The predicted molar refractivity (Wildman–Crippen MR) is 78.7 cm³/mol. The van der Waals surface area contributed by atoms with Gasteiger partial charge in [-0.05, 0) is 5.56 Å². The Kier molecular flexibility index (Phi) is 9.95. The van der Waals surface area contributed by atoms with Crippen LogP contribution in [0.25, 0.3) is 0 Å². The molecule has 6 heteroatoms. The highest BCUT2D eigenvalue weighted by Gasteiger charge is 1.96. The van der Waals surface area contributed by atoms with Crippen LogP contribution in [0, 0.1) is 0 Å². The van der Waals surface area contributed by atoms with Crippen molar-refractivity contribution in [3.63, 3.8) is 0 Å². The number of benzene rings is 1. The average molecular weight is 297 g/mol. The van der Waals surface area contributed by atoms with Gasteiger partial charge in [0.25, 0.3) is 0 Å². The minimum atomic E-state index is 0. The van der Waals surface area contributed by atoms with Crippen molar-refractivity contribution in [2.45, 2.75) is 6.54 Å². The van der Waals surface area contributed by atoms with Gasteiger partial charge in [0.05, 0.1) is 0 Å². The first-order chi connectivity index (χ1) is 6.86. The second-order valence-electron chi connectivity index (χ2n) is 3.20. The minimum Gasteiger partial charge on any atom is -0.352 e. The van der Waals surface area contributed by atoms with E-state index in [1.54, 1.807) is 6.20 Å². The molecule has 0 aliphatic rings. The lowest BCUT2D eigenvalue weighted by Gasteiger charge is -2.05. The molecule has 0 spiro atoms. The number of hydrogen-bond donors (Lipinski definition) is 1. The second-order valence-corrected chi connectivity index (χ2v) is 3.20. The molecule has 0 radical (unpaired) electrons. The highest BCUT2D eigenvalue weighted by molar-refractivity contribution is 5.86. The summed E-state index contributed by atoms with van der Waals surface area (Å²) in [5.74, 6) is 0.897. The fourth-order valence-corrected chi connectivity index (χ4v) is 1.31. The van der Waals surface area contributed by atoms with Crippen LogP contribution in [0.5, 0.6) is 0 Å². The minimum absolute atomic E-state index is 0. The van der Waals surface area contributed by atoms with Crippen LogP contribution in [-0.2, 0) is 13.6 Å². The summed E-state index contributed by atoms with van der Waals surface area (Å²) in [5.41, 5.74) is 1.26. The molecule has 0 fully saturated rings. The van der Waals surface area contributed by atoms with Crippen LogP contribution in [-0.4, -0.2) is 9.55 Å². The molecule has 0 aliphatic heterocycles. The molecular weight excluding hydrogens is 281 g/mol.